The van der Waals surface area contributed by atoms with Crippen LogP contribution in [0.15, 0.2) is 0 Å². The van der Waals surface area contributed by atoms with E-state index >= 15 is 0 Å². The highest BCUT2D eigenvalue weighted by Crippen LogP contribution is 1.91. The minimum absolute atomic E-state index is 0.0101. The molecule has 0 aromatic heterocycles. The lowest BCUT2D eigenvalue weighted by atomic mass is 10.3. The van der Waals surface area contributed by atoms with Crippen molar-refractivity contribution in [1.82, 2.24) is 5.32 Å². The van der Waals surface area contributed by atoms with Crippen LogP contribution in [0.5, 0.6) is 0 Å². The highest BCUT2D eigenvalue weighted by atomic mass is 16.3. The lowest BCUT2D eigenvalue weighted by Crippen LogP contribution is -2.49. The van der Waals surface area contributed by atoms with E-state index in [1.54, 1.807) is 6.92 Å². The Morgan fingerprint density at radius 1 is 1.67 bits per heavy atom. The van der Waals surface area contributed by atoms with Gasteiger partial charge >= 0.3 is 0 Å². The first-order valence-corrected chi connectivity index (χ1v) is 2.91. The second-order valence-electron chi connectivity index (χ2n) is 2.13. The van der Waals surface area contributed by atoms with Crippen molar-refractivity contribution in [2.24, 2.45) is 5.73 Å². The maximum atomic E-state index is 9.11. The third-order valence-corrected chi connectivity index (χ3v) is 1.02. The van der Waals surface area contributed by atoms with Gasteiger partial charge in [0.05, 0.1) is 6.61 Å². The summed E-state index contributed by atoms with van der Waals surface area (Å²) in [6, 6.07) is 0. The number of aliphatic hydroxyl groups excluding tert-OH is 1. The van der Waals surface area contributed by atoms with Gasteiger partial charge in [0.25, 0.3) is 0 Å². The van der Waals surface area contributed by atoms with Gasteiger partial charge in [-0.1, -0.05) is 0 Å². The van der Waals surface area contributed by atoms with Gasteiger partial charge in [0.1, 0.15) is 5.72 Å². The zero-order chi connectivity index (χ0) is 7.33. The average Bonchev–Trinajstić information content (AvgIpc) is 1.84. The number of rotatable bonds is 4. The number of hydrogen-bond donors (Lipinski definition) is 4. The van der Waals surface area contributed by atoms with Crippen LogP contribution in [0.1, 0.15) is 6.92 Å². The molecule has 9 heavy (non-hydrogen) atoms. The summed E-state index contributed by atoms with van der Waals surface area (Å²) in [5.41, 5.74) is 4.11. The van der Waals surface area contributed by atoms with Crippen molar-refractivity contribution < 1.29 is 10.2 Å². The molecule has 0 aliphatic carbocycles. The minimum atomic E-state index is -1.04. The Kier molecular flexibility index (Phi) is 3.72. The molecule has 4 nitrogen and oxygen atoms in total. The molecule has 0 aromatic rings. The molecule has 0 aliphatic heterocycles. The maximum Gasteiger partial charge on any atom is 0.125 e. The van der Waals surface area contributed by atoms with Crippen molar-refractivity contribution in [3.8, 4) is 0 Å². The molecule has 0 saturated heterocycles. The van der Waals surface area contributed by atoms with Crippen LogP contribution >= 0.6 is 0 Å². The van der Waals surface area contributed by atoms with Crippen LogP contribution in [0, 0.1) is 0 Å². The normalized spacial score (nSPS) is 17.3. The molecule has 0 bridgehead atoms. The van der Waals surface area contributed by atoms with Crippen LogP contribution in [0.2, 0.25) is 0 Å². The molecular formula is C5H14N2O2. The fraction of sp³-hybridized carbons (Fsp3) is 1.00. The van der Waals surface area contributed by atoms with Gasteiger partial charge < -0.3 is 15.9 Å². The van der Waals surface area contributed by atoms with Crippen molar-refractivity contribution >= 4 is 0 Å². The minimum Gasteiger partial charge on any atom is -0.395 e. The lowest BCUT2D eigenvalue weighted by Gasteiger charge is -2.21. The summed E-state index contributed by atoms with van der Waals surface area (Å²) in [6.45, 7) is 2.08. The van der Waals surface area contributed by atoms with Gasteiger partial charge in [0.15, 0.2) is 0 Å². The summed E-state index contributed by atoms with van der Waals surface area (Å²) in [5.74, 6) is 0. The summed E-state index contributed by atoms with van der Waals surface area (Å²) in [4.78, 5) is 0. The predicted molar refractivity (Wildman–Crippen MR) is 34.8 cm³/mol. The van der Waals surface area contributed by atoms with E-state index in [-0.39, 0.29) is 13.2 Å². The van der Waals surface area contributed by atoms with E-state index in [4.69, 9.17) is 15.9 Å². The SMILES string of the molecule is CC(O)(CN)NCCO. The molecule has 0 amide bonds. The zero-order valence-electron chi connectivity index (χ0n) is 5.59. The molecule has 0 spiro atoms. The van der Waals surface area contributed by atoms with Crippen molar-refractivity contribution in [1.29, 1.82) is 0 Å². The summed E-state index contributed by atoms with van der Waals surface area (Å²) < 4.78 is 0. The Bertz CT molecular complexity index is 75.4. The Hall–Kier alpha value is -0.160. The molecular weight excluding hydrogens is 120 g/mol. The van der Waals surface area contributed by atoms with E-state index in [9.17, 15) is 0 Å². The highest BCUT2D eigenvalue weighted by molar-refractivity contribution is 4.68. The summed E-state index contributed by atoms with van der Waals surface area (Å²) in [5, 5.41) is 20.1. The third-order valence-electron chi connectivity index (χ3n) is 1.02. The Morgan fingerprint density at radius 3 is 2.56 bits per heavy atom. The predicted octanol–water partition coefficient (Wildman–Crippen LogP) is -1.76. The third kappa shape index (κ3) is 4.35. The molecule has 1 unspecified atom stereocenters. The highest BCUT2D eigenvalue weighted by Gasteiger charge is 2.14. The lowest BCUT2D eigenvalue weighted by molar-refractivity contribution is 0.0289. The maximum absolute atomic E-state index is 9.11. The van der Waals surface area contributed by atoms with Crippen LogP contribution in [0.4, 0.5) is 0 Å². The van der Waals surface area contributed by atoms with Crippen molar-refractivity contribution in [2.75, 3.05) is 19.7 Å². The first-order valence-electron chi connectivity index (χ1n) is 2.91. The Labute approximate surface area is 54.7 Å². The van der Waals surface area contributed by atoms with E-state index in [0.29, 0.717) is 6.54 Å². The molecule has 56 valence electrons. The number of nitrogens with two attached hydrogens (primary N) is 1. The fourth-order valence-electron chi connectivity index (χ4n) is 0.397. The second kappa shape index (κ2) is 3.79. The van der Waals surface area contributed by atoms with Gasteiger partial charge in [0.2, 0.25) is 0 Å². The van der Waals surface area contributed by atoms with Gasteiger partial charge in [-0.25, -0.2) is 0 Å². The molecule has 0 heterocycles. The van der Waals surface area contributed by atoms with Crippen molar-refractivity contribution in [3.63, 3.8) is 0 Å². The quantitative estimate of drug-likeness (QED) is 0.343. The first kappa shape index (κ1) is 8.84. The van der Waals surface area contributed by atoms with Crippen LogP contribution in [-0.2, 0) is 0 Å². The van der Waals surface area contributed by atoms with Crippen LogP contribution in [0.3, 0.4) is 0 Å². The average molecular weight is 134 g/mol. The van der Waals surface area contributed by atoms with Crippen molar-refractivity contribution in [2.45, 2.75) is 12.6 Å². The van der Waals surface area contributed by atoms with Crippen molar-refractivity contribution in [3.05, 3.63) is 0 Å². The van der Waals surface area contributed by atoms with E-state index in [2.05, 4.69) is 5.32 Å². The van der Waals surface area contributed by atoms with Crippen LogP contribution < -0.4 is 11.1 Å². The number of nitrogens with one attached hydrogen (secondary N) is 1. The summed E-state index contributed by atoms with van der Waals surface area (Å²) >= 11 is 0. The monoisotopic (exact) mass is 134 g/mol. The number of aliphatic hydroxyl groups is 2. The fourth-order valence-corrected chi connectivity index (χ4v) is 0.397. The molecule has 0 fully saturated rings. The Balaban J connectivity index is 3.33. The molecule has 0 radical (unpaired) electrons. The molecule has 0 saturated carbocycles. The summed E-state index contributed by atoms with van der Waals surface area (Å²) in [6.07, 6.45) is 0. The number of hydrogen-bond acceptors (Lipinski definition) is 4. The molecule has 4 heteroatoms. The largest absolute Gasteiger partial charge is 0.395 e. The standard InChI is InChI=1S/C5H14N2O2/c1-5(9,4-6)7-2-3-8/h7-9H,2-4,6H2,1H3. The van der Waals surface area contributed by atoms with Gasteiger partial charge in [-0.05, 0) is 6.92 Å². The zero-order valence-corrected chi connectivity index (χ0v) is 5.59. The second-order valence-corrected chi connectivity index (χ2v) is 2.13. The first-order chi connectivity index (χ1) is 4.12. The van der Waals surface area contributed by atoms with Gasteiger partial charge in [0, 0.05) is 13.1 Å². The van der Waals surface area contributed by atoms with E-state index in [1.807, 2.05) is 0 Å². The van der Waals surface area contributed by atoms with E-state index < -0.39 is 5.72 Å². The van der Waals surface area contributed by atoms with Gasteiger partial charge in [-0.2, -0.15) is 0 Å². The molecule has 0 aromatic carbocycles. The van der Waals surface area contributed by atoms with Crippen LogP contribution in [0.25, 0.3) is 0 Å². The topological polar surface area (TPSA) is 78.5 Å². The molecule has 1 atom stereocenters. The van der Waals surface area contributed by atoms with E-state index in [1.165, 1.54) is 0 Å². The molecule has 5 N–H and O–H groups in total. The van der Waals surface area contributed by atoms with E-state index in [0.717, 1.165) is 0 Å². The van der Waals surface area contributed by atoms with Crippen LogP contribution in [-0.4, -0.2) is 35.6 Å². The van der Waals surface area contributed by atoms with Gasteiger partial charge in [-0.15, -0.1) is 0 Å². The Morgan fingerprint density at radius 2 is 2.22 bits per heavy atom. The smallest absolute Gasteiger partial charge is 0.125 e. The van der Waals surface area contributed by atoms with Gasteiger partial charge in [-0.3, -0.25) is 5.32 Å². The summed E-state index contributed by atoms with van der Waals surface area (Å²) in [7, 11) is 0. The molecule has 0 aliphatic rings. The molecule has 0 rings (SSSR count).